The summed E-state index contributed by atoms with van der Waals surface area (Å²) in [5, 5.41) is 3.71. The number of nitrogens with zero attached hydrogens (tertiary/aromatic N) is 1. The lowest BCUT2D eigenvalue weighted by atomic mass is 10.1. The summed E-state index contributed by atoms with van der Waals surface area (Å²) in [5.74, 6) is 0.326. The van der Waals surface area contributed by atoms with Gasteiger partial charge in [0.15, 0.2) is 4.34 Å². The number of benzene rings is 2. The molecule has 0 unspecified atom stereocenters. The number of hydrogen-bond acceptors (Lipinski definition) is 4. The van der Waals surface area contributed by atoms with Crippen molar-refractivity contribution in [1.82, 2.24) is 4.98 Å². The summed E-state index contributed by atoms with van der Waals surface area (Å²) in [5.41, 5.74) is 4.05. The Hall–Kier alpha value is -1.56. The van der Waals surface area contributed by atoms with Gasteiger partial charge in [0, 0.05) is 10.7 Å². The zero-order valence-corrected chi connectivity index (χ0v) is 15.8. The zero-order chi connectivity index (χ0) is 17.1. The third-order valence-corrected chi connectivity index (χ3v) is 6.08. The van der Waals surface area contributed by atoms with Crippen molar-refractivity contribution in [2.24, 2.45) is 0 Å². The summed E-state index contributed by atoms with van der Waals surface area (Å²) in [6, 6.07) is 11.7. The van der Waals surface area contributed by atoms with E-state index in [9.17, 15) is 4.79 Å². The van der Waals surface area contributed by atoms with Crippen LogP contribution in [-0.2, 0) is 11.2 Å². The van der Waals surface area contributed by atoms with Crippen molar-refractivity contribution in [3.63, 3.8) is 0 Å². The monoisotopic (exact) mass is 376 g/mol. The lowest BCUT2D eigenvalue weighted by Gasteiger charge is -2.12. The van der Waals surface area contributed by atoms with Gasteiger partial charge in [-0.1, -0.05) is 48.5 Å². The highest BCUT2D eigenvalue weighted by Crippen LogP contribution is 2.31. The maximum absolute atomic E-state index is 12.3. The van der Waals surface area contributed by atoms with Gasteiger partial charge in [-0.05, 0) is 42.7 Å². The molecule has 24 heavy (non-hydrogen) atoms. The number of halogens is 1. The van der Waals surface area contributed by atoms with E-state index < -0.39 is 0 Å². The van der Waals surface area contributed by atoms with Crippen LogP contribution < -0.4 is 5.32 Å². The van der Waals surface area contributed by atoms with E-state index >= 15 is 0 Å². The molecule has 0 fully saturated rings. The fourth-order valence-electron chi connectivity index (χ4n) is 2.45. The van der Waals surface area contributed by atoms with Crippen LogP contribution in [0.5, 0.6) is 0 Å². The molecule has 1 amide bonds. The first-order valence-electron chi connectivity index (χ1n) is 7.64. The molecule has 0 aliphatic carbocycles. The second-order valence-corrected chi connectivity index (χ2v) is 8.08. The van der Waals surface area contributed by atoms with Gasteiger partial charge < -0.3 is 5.32 Å². The van der Waals surface area contributed by atoms with Crippen molar-refractivity contribution in [2.75, 3.05) is 11.1 Å². The SMILES string of the molecule is CCc1cccc(C)c1NC(=O)CSc1nc2cc(Cl)ccc2s1. The van der Waals surface area contributed by atoms with Gasteiger partial charge >= 0.3 is 0 Å². The van der Waals surface area contributed by atoms with Crippen LogP contribution in [0.15, 0.2) is 40.7 Å². The summed E-state index contributed by atoms with van der Waals surface area (Å²) in [4.78, 5) is 16.8. The lowest BCUT2D eigenvalue weighted by Crippen LogP contribution is -2.16. The zero-order valence-electron chi connectivity index (χ0n) is 13.4. The molecule has 2 aromatic carbocycles. The van der Waals surface area contributed by atoms with E-state index in [0.717, 1.165) is 37.8 Å². The van der Waals surface area contributed by atoms with Crippen LogP contribution in [0, 0.1) is 6.92 Å². The molecule has 1 heterocycles. The van der Waals surface area contributed by atoms with Gasteiger partial charge in [0.1, 0.15) is 0 Å². The fraction of sp³-hybridized carbons (Fsp3) is 0.222. The number of amides is 1. The largest absolute Gasteiger partial charge is 0.325 e. The van der Waals surface area contributed by atoms with Crippen molar-refractivity contribution in [1.29, 1.82) is 0 Å². The summed E-state index contributed by atoms with van der Waals surface area (Å²) >= 11 is 9.01. The molecule has 0 saturated carbocycles. The third kappa shape index (κ3) is 3.91. The quantitative estimate of drug-likeness (QED) is 0.593. The number of hydrogen-bond donors (Lipinski definition) is 1. The van der Waals surface area contributed by atoms with Gasteiger partial charge in [-0.25, -0.2) is 4.98 Å². The summed E-state index contributed by atoms with van der Waals surface area (Å²) in [7, 11) is 0. The molecule has 0 saturated heterocycles. The van der Waals surface area contributed by atoms with E-state index in [1.165, 1.54) is 11.8 Å². The van der Waals surface area contributed by atoms with Gasteiger partial charge in [-0.3, -0.25) is 4.79 Å². The van der Waals surface area contributed by atoms with Crippen molar-refractivity contribution in [3.05, 3.63) is 52.5 Å². The smallest absolute Gasteiger partial charge is 0.234 e. The van der Waals surface area contributed by atoms with Gasteiger partial charge in [-0.15, -0.1) is 11.3 Å². The van der Waals surface area contributed by atoms with Gasteiger partial charge in [-0.2, -0.15) is 0 Å². The first kappa shape index (κ1) is 17.3. The number of carbonyl (C=O) groups is 1. The topological polar surface area (TPSA) is 42.0 Å². The highest BCUT2D eigenvalue weighted by atomic mass is 35.5. The Kier molecular flexibility index (Phi) is 5.43. The summed E-state index contributed by atoms with van der Waals surface area (Å²) < 4.78 is 1.96. The Labute approximate surface area is 154 Å². The molecule has 1 aromatic heterocycles. The minimum absolute atomic E-state index is 0.0127. The highest BCUT2D eigenvalue weighted by molar-refractivity contribution is 8.01. The molecule has 0 aliphatic heterocycles. The van der Waals surface area contributed by atoms with Crippen molar-refractivity contribution >= 4 is 56.5 Å². The van der Waals surface area contributed by atoms with Crippen LogP contribution in [0.2, 0.25) is 5.02 Å². The van der Waals surface area contributed by atoms with Crippen LogP contribution in [0.4, 0.5) is 5.69 Å². The van der Waals surface area contributed by atoms with Gasteiger partial charge in [0.2, 0.25) is 5.91 Å². The fourth-order valence-corrected chi connectivity index (χ4v) is 4.46. The van der Waals surface area contributed by atoms with Crippen LogP contribution in [0.1, 0.15) is 18.1 Å². The number of thioether (sulfide) groups is 1. The highest BCUT2D eigenvalue weighted by Gasteiger charge is 2.11. The standard InChI is InChI=1S/C18H17ClN2OS2/c1-3-12-6-4-5-11(2)17(12)21-16(22)10-23-18-20-14-9-13(19)7-8-15(14)24-18/h4-9H,3,10H2,1-2H3,(H,21,22). The summed E-state index contributed by atoms with van der Waals surface area (Å²) in [6.07, 6.45) is 0.892. The second kappa shape index (κ2) is 7.55. The maximum atomic E-state index is 12.3. The van der Waals surface area contributed by atoms with E-state index in [0.29, 0.717) is 10.8 Å². The van der Waals surface area contributed by atoms with Crippen LogP contribution >= 0.6 is 34.7 Å². The number of rotatable bonds is 5. The number of anilines is 1. The molecule has 3 nitrogen and oxygen atoms in total. The number of nitrogens with one attached hydrogen (secondary N) is 1. The Morgan fingerprint density at radius 2 is 2.17 bits per heavy atom. The number of fused-ring (bicyclic) bond motifs is 1. The number of carbonyl (C=O) groups excluding carboxylic acids is 1. The number of thiazole rings is 1. The van der Waals surface area contributed by atoms with E-state index in [-0.39, 0.29) is 5.91 Å². The van der Waals surface area contributed by atoms with Crippen LogP contribution in [0.25, 0.3) is 10.2 Å². The predicted molar refractivity (Wildman–Crippen MR) is 105 cm³/mol. The Morgan fingerprint density at radius 1 is 1.33 bits per heavy atom. The molecule has 0 spiro atoms. The van der Waals surface area contributed by atoms with E-state index in [2.05, 4.69) is 17.2 Å². The van der Waals surface area contributed by atoms with E-state index in [1.54, 1.807) is 11.3 Å². The second-order valence-electron chi connectivity index (χ2n) is 5.39. The minimum atomic E-state index is -0.0127. The van der Waals surface area contributed by atoms with E-state index in [1.807, 2.05) is 43.3 Å². The number of aromatic nitrogens is 1. The molecule has 1 N–H and O–H groups in total. The first-order valence-corrected chi connectivity index (χ1v) is 9.82. The Balaban J connectivity index is 1.67. The number of aryl methyl sites for hydroxylation is 2. The maximum Gasteiger partial charge on any atom is 0.234 e. The Morgan fingerprint density at radius 3 is 2.96 bits per heavy atom. The van der Waals surface area contributed by atoms with Gasteiger partial charge in [0.25, 0.3) is 0 Å². The van der Waals surface area contributed by atoms with Crippen molar-refractivity contribution in [3.8, 4) is 0 Å². The molecule has 124 valence electrons. The van der Waals surface area contributed by atoms with E-state index in [4.69, 9.17) is 11.6 Å². The molecular formula is C18H17ClN2OS2. The molecule has 3 rings (SSSR count). The normalized spacial score (nSPS) is 11.0. The van der Waals surface area contributed by atoms with Crippen molar-refractivity contribution < 1.29 is 4.79 Å². The lowest BCUT2D eigenvalue weighted by molar-refractivity contribution is -0.113. The molecule has 6 heteroatoms. The predicted octanol–water partition coefficient (Wildman–Crippen LogP) is 5.55. The molecule has 0 bridgehead atoms. The van der Waals surface area contributed by atoms with Crippen molar-refractivity contribution in [2.45, 2.75) is 24.6 Å². The average molecular weight is 377 g/mol. The van der Waals surface area contributed by atoms with Crippen LogP contribution in [-0.4, -0.2) is 16.6 Å². The van der Waals surface area contributed by atoms with Gasteiger partial charge in [0.05, 0.1) is 16.0 Å². The molecule has 0 atom stereocenters. The minimum Gasteiger partial charge on any atom is -0.325 e. The first-order chi connectivity index (χ1) is 11.6. The molecule has 0 aliphatic rings. The molecule has 0 radical (unpaired) electrons. The van der Waals surface area contributed by atoms with Crippen LogP contribution in [0.3, 0.4) is 0 Å². The third-order valence-electron chi connectivity index (χ3n) is 3.66. The summed E-state index contributed by atoms with van der Waals surface area (Å²) in [6.45, 7) is 4.10. The average Bonchev–Trinajstić information content (AvgIpc) is 2.96. The number of para-hydroxylation sites is 1. The molecule has 3 aromatic rings. The Bertz CT molecular complexity index is 892. The molecular weight excluding hydrogens is 360 g/mol.